The summed E-state index contributed by atoms with van der Waals surface area (Å²) in [5, 5.41) is 13.9. The van der Waals surface area contributed by atoms with Gasteiger partial charge in [0.1, 0.15) is 11.9 Å². The third-order valence-electron chi connectivity index (χ3n) is 2.57. The lowest BCUT2D eigenvalue weighted by molar-refractivity contribution is -0.117. The lowest BCUT2D eigenvalue weighted by atomic mass is 10.2. The number of nitrogens with one attached hydrogen (secondary N) is 1. The minimum absolute atomic E-state index is 0.145. The van der Waals surface area contributed by atoms with Crippen molar-refractivity contribution in [2.24, 2.45) is 0 Å². The van der Waals surface area contributed by atoms with Crippen molar-refractivity contribution in [2.75, 3.05) is 5.32 Å². The normalized spacial score (nSPS) is 11.7. The molecule has 2 rings (SSSR count). The Morgan fingerprint density at radius 1 is 1.48 bits per heavy atom. The van der Waals surface area contributed by atoms with Crippen LogP contribution in [0.3, 0.4) is 0 Å². The van der Waals surface area contributed by atoms with Crippen LogP contribution in [-0.2, 0) is 4.79 Å². The highest BCUT2D eigenvalue weighted by molar-refractivity contribution is 7.13. The maximum absolute atomic E-state index is 11.8. The van der Waals surface area contributed by atoms with E-state index in [9.17, 15) is 9.59 Å². The maximum atomic E-state index is 11.8. The van der Waals surface area contributed by atoms with Crippen molar-refractivity contribution in [2.45, 2.75) is 19.4 Å². The number of carboxylic acid groups (broad SMARTS) is 1. The number of benzene rings is 1. The Labute approximate surface area is 125 Å². The summed E-state index contributed by atoms with van der Waals surface area (Å²) in [6.07, 6.45) is 1.38. The summed E-state index contributed by atoms with van der Waals surface area (Å²) >= 11 is 1.34. The second-order valence-corrected chi connectivity index (χ2v) is 5.25. The number of carbonyl (C=O) groups is 2. The number of anilines is 1. The van der Waals surface area contributed by atoms with E-state index in [4.69, 9.17) is 9.84 Å². The zero-order chi connectivity index (χ0) is 15.2. The number of aromatic carboxylic acids is 1. The van der Waals surface area contributed by atoms with Gasteiger partial charge < -0.3 is 15.2 Å². The molecular formula is C14H14N2O4S. The largest absolute Gasteiger partial charge is 0.490 e. The van der Waals surface area contributed by atoms with Crippen molar-refractivity contribution >= 4 is 28.3 Å². The molecule has 0 aliphatic heterocycles. The van der Waals surface area contributed by atoms with Crippen LogP contribution in [0.25, 0.3) is 0 Å². The Morgan fingerprint density at radius 3 is 2.95 bits per heavy atom. The van der Waals surface area contributed by atoms with E-state index in [1.54, 1.807) is 30.6 Å². The van der Waals surface area contributed by atoms with Gasteiger partial charge in [0.15, 0.2) is 5.13 Å². The quantitative estimate of drug-likeness (QED) is 0.856. The summed E-state index contributed by atoms with van der Waals surface area (Å²) in [6.45, 7) is 1.74. The third-order valence-corrected chi connectivity index (χ3v) is 3.26. The zero-order valence-corrected chi connectivity index (χ0v) is 12.1. The molecule has 1 aromatic carbocycles. The van der Waals surface area contributed by atoms with Crippen LogP contribution in [0.2, 0.25) is 0 Å². The van der Waals surface area contributed by atoms with Crippen molar-refractivity contribution in [3.63, 3.8) is 0 Å². The molecular weight excluding hydrogens is 292 g/mol. The Balaban J connectivity index is 1.89. The summed E-state index contributed by atoms with van der Waals surface area (Å²) in [5.41, 5.74) is 0.145. The van der Waals surface area contributed by atoms with E-state index in [1.165, 1.54) is 23.5 Å². The van der Waals surface area contributed by atoms with Gasteiger partial charge in [-0.3, -0.25) is 4.79 Å². The van der Waals surface area contributed by atoms with Crippen LogP contribution in [0.4, 0.5) is 5.13 Å². The van der Waals surface area contributed by atoms with Crippen LogP contribution in [0.15, 0.2) is 35.8 Å². The average molecular weight is 306 g/mol. The molecule has 0 bridgehead atoms. The summed E-state index contributed by atoms with van der Waals surface area (Å²) in [4.78, 5) is 26.6. The van der Waals surface area contributed by atoms with E-state index < -0.39 is 5.97 Å². The van der Waals surface area contributed by atoms with Gasteiger partial charge >= 0.3 is 5.97 Å². The topological polar surface area (TPSA) is 88.5 Å². The van der Waals surface area contributed by atoms with Crippen LogP contribution in [-0.4, -0.2) is 28.1 Å². The molecule has 0 saturated heterocycles. The number of thiazole rings is 1. The molecule has 0 radical (unpaired) electrons. The van der Waals surface area contributed by atoms with E-state index in [0.29, 0.717) is 10.9 Å². The Hall–Kier alpha value is -2.41. The summed E-state index contributed by atoms with van der Waals surface area (Å²) in [7, 11) is 0. The van der Waals surface area contributed by atoms with Gasteiger partial charge in [0, 0.05) is 11.6 Å². The number of rotatable bonds is 6. The molecule has 0 aliphatic rings. The minimum Gasteiger partial charge on any atom is -0.490 e. The molecule has 21 heavy (non-hydrogen) atoms. The van der Waals surface area contributed by atoms with Crippen LogP contribution >= 0.6 is 11.3 Å². The molecule has 2 aromatic rings. The number of carbonyl (C=O) groups excluding carboxylic acids is 1. The molecule has 1 heterocycles. The number of aromatic nitrogens is 1. The molecule has 110 valence electrons. The highest BCUT2D eigenvalue weighted by atomic mass is 32.1. The Kier molecular flexibility index (Phi) is 4.89. The predicted molar refractivity (Wildman–Crippen MR) is 78.9 cm³/mol. The van der Waals surface area contributed by atoms with Crippen LogP contribution in [0.5, 0.6) is 5.75 Å². The number of hydrogen-bond acceptors (Lipinski definition) is 5. The number of nitrogens with zero attached hydrogens (tertiary/aromatic N) is 1. The second kappa shape index (κ2) is 6.85. The molecule has 7 heteroatoms. The lowest BCUT2D eigenvalue weighted by Gasteiger charge is -2.14. The van der Waals surface area contributed by atoms with Crippen molar-refractivity contribution < 1.29 is 19.4 Å². The van der Waals surface area contributed by atoms with Crippen molar-refractivity contribution in [1.29, 1.82) is 0 Å². The van der Waals surface area contributed by atoms with Gasteiger partial charge in [-0.25, -0.2) is 9.78 Å². The lowest BCUT2D eigenvalue weighted by Crippen LogP contribution is -2.22. The standard InChI is InChI=1S/C14H14N2O4S/c1-9(7-12(17)16-14-15-5-6-21-14)20-11-4-2-3-10(8-11)13(18)19/h2-6,8-9H,7H2,1H3,(H,18,19)(H,15,16,17). The van der Waals surface area contributed by atoms with Gasteiger partial charge in [-0.05, 0) is 25.1 Å². The van der Waals surface area contributed by atoms with Gasteiger partial charge in [0.05, 0.1) is 12.0 Å². The SMILES string of the molecule is CC(CC(=O)Nc1nccs1)Oc1cccc(C(=O)O)c1. The fourth-order valence-corrected chi connectivity index (χ4v) is 2.24. The van der Waals surface area contributed by atoms with Gasteiger partial charge in [0.2, 0.25) is 5.91 Å². The highest BCUT2D eigenvalue weighted by Gasteiger charge is 2.12. The van der Waals surface area contributed by atoms with E-state index in [-0.39, 0.29) is 24.0 Å². The smallest absolute Gasteiger partial charge is 0.335 e. The molecule has 1 unspecified atom stereocenters. The van der Waals surface area contributed by atoms with Crippen LogP contribution < -0.4 is 10.1 Å². The highest BCUT2D eigenvalue weighted by Crippen LogP contribution is 2.17. The molecule has 0 fully saturated rings. The van der Waals surface area contributed by atoms with Crippen LogP contribution in [0.1, 0.15) is 23.7 Å². The molecule has 2 N–H and O–H groups in total. The Bertz CT molecular complexity index is 628. The van der Waals surface area contributed by atoms with E-state index >= 15 is 0 Å². The molecule has 6 nitrogen and oxygen atoms in total. The first-order valence-electron chi connectivity index (χ1n) is 6.24. The molecule has 0 spiro atoms. The fraction of sp³-hybridized carbons (Fsp3) is 0.214. The van der Waals surface area contributed by atoms with E-state index in [2.05, 4.69) is 10.3 Å². The molecule has 0 aliphatic carbocycles. The van der Waals surface area contributed by atoms with Gasteiger partial charge in [-0.15, -0.1) is 11.3 Å². The van der Waals surface area contributed by atoms with Gasteiger partial charge in [0.25, 0.3) is 0 Å². The maximum Gasteiger partial charge on any atom is 0.335 e. The molecule has 1 atom stereocenters. The third kappa shape index (κ3) is 4.57. The van der Waals surface area contributed by atoms with Crippen LogP contribution in [0, 0.1) is 0 Å². The number of carboxylic acids is 1. The van der Waals surface area contributed by atoms with Gasteiger partial charge in [-0.2, -0.15) is 0 Å². The predicted octanol–water partition coefficient (Wildman–Crippen LogP) is 2.64. The number of ether oxygens (including phenoxy) is 1. The average Bonchev–Trinajstić information content (AvgIpc) is 2.91. The van der Waals surface area contributed by atoms with Crippen molar-refractivity contribution in [3.8, 4) is 5.75 Å². The molecule has 0 saturated carbocycles. The molecule has 1 amide bonds. The first-order chi connectivity index (χ1) is 10.0. The minimum atomic E-state index is -1.02. The molecule has 1 aromatic heterocycles. The van der Waals surface area contributed by atoms with E-state index in [0.717, 1.165) is 0 Å². The summed E-state index contributed by atoms with van der Waals surface area (Å²) in [6, 6.07) is 6.16. The van der Waals surface area contributed by atoms with Gasteiger partial charge in [-0.1, -0.05) is 6.07 Å². The number of hydrogen-bond donors (Lipinski definition) is 2. The Morgan fingerprint density at radius 2 is 2.29 bits per heavy atom. The van der Waals surface area contributed by atoms with Crippen molar-refractivity contribution in [1.82, 2.24) is 4.98 Å². The fourth-order valence-electron chi connectivity index (χ4n) is 1.69. The number of amides is 1. The summed E-state index contributed by atoms with van der Waals surface area (Å²) < 4.78 is 5.55. The second-order valence-electron chi connectivity index (χ2n) is 4.35. The van der Waals surface area contributed by atoms with Crippen molar-refractivity contribution in [3.05, 3.63) is 41.4 Å². The monoisotopic (exact) mass is 306 g/mol. The first-order valence-corrected chi connectivity index (χ1v) is 7.12. The zero-order valence-electron chi connectivity index (χ0n) is 11.3. The summed E-state index contributed by atoms with van der Waals surface area (Å²) in [5.74, 6) is -0.800. The first kappa shape index (κ1) is 15.0. The van der Waals surface area contributed by atoms with E-state index in [1.807, 2.05) is 0 Å².